The van der Waals surface area contributed by atoms with Crippen LogP contribution in [0.25, 0.3) is 0 Å². The summed E-state index contributed by atoms with van der Waals surface area (Å²) >= 11 is 0. The first-order valence-electron chi connectivity index (χ1n) is 3.70. The van der Waals surface area contributed by atoms with Gasteiger partial charge in [0.05, 0.1) is 0 Å². The number of nitrogens with two attached hydrogens (primary N) is 1. The summed E-state index contributed by atoms with van der Waals surface area (Å²) < 4.78 is 0. The molecule has 1 unspecified atom stereocenters. The molecule has 0 aromatic rings. The van der Waals surface area contributed by atoms with Crippen molar-refractivity contribution in [2.45, 2.75) is 20.3 Å². The Morgan fingerprint density at radius 1 is 1.73 bits per heavy atom. The maximum Gasteiger partial charge on any atom is 0.216 e. The summed E-state index contributed by atoms with van der Waals surface area (Å²) in [5, 5.41) is 2.72. The van der Waals surface area contributed by atoms with E-state index in [9.17, 15) is 4.79 Å². The number of carbonyl (C=O) groups is 1. The van der Waals surface area contributed by atoms with Gasteiger partial charge >= 0.3 is 0 Å². The van der Waals surface area contributed by atoms with E-state index in [1.165, 1.54) is 6.92 Å². The molecule has 1 amide bonds. The minimum Gasteiger partial charge on any atom is -0.403 e. The van der Waals surface area contributed by atoms with E-state index in [2.05, 4.69) is 11.9 Å². The zero-order valence-electron chi connectivity index (χ0n) is 7.18. The Labute approximate surface area is 67.7 Å². The molecule has 0 aromatic heterocycles. The van der Waals surface area contributed by atoms with Crippen molar-refractivity contribution < 1.29 is 4.79 Å². The van der Waals surface area contributed by atoms with Crippen LogP contribution in [0.2, 0.25) is 0 Å². The highest BCUT2D eigenvalue weighted by molar-refractivity contribution is 5.72. The third kappa shape index (κ3) is 6.90. The molecule has 0 radical (unpaired) electrons. The van der Waals surface area contributed by atoms with Crippen LogP contribution >= 0.6 is 0 Å². The second-order valence-electron chi connectivity index (χ2n) is 2.90. The van der Waals surface area contributed by atoms with Crippen LogP contribution < -0.4 is 11.1 Å². The molecule has 0 fully saturated rings. The topological polar surface area (TPSA) is 55.1 Å². The Hall–Kier alpha value is -0.990. The van der Waals surface area contributed by atoms with Gasteiger partial charge in [0, 0.05) is 19.2 Å². The lowest BCUT2D eigenvalue weighted by atomic mass is 10.1. The van der Waals surface area contributed by atoms with Gasteiger partial charge in [0.2, 0.25) is 5.91 Å². The number of hydrogen-bond donors (Lipinski definition) is 2. The fourth-order valence-corrected chi connectivity index (χ4v) is 0.838. The van der Waals surface area contributed by atoms with Crippen molar-refractivity contribution in [3.63, 3.8) is 0 Å². The lowest BCUT2D eigenvalue weighted by molar-refractivity contribution is -0.119. The SMILES string of the molecule is C=C(N)CC(C)CNC(C)=O. The zero-order valence-corrected chi connectivity index (χ0v) is 7.18. The van der Waals surface area contributed by atoms with Crippen molar-refractivity contribution in [1.82, 2.24) is 5.32 Å². The molecule has 0 heterocycles. The normalized spacial score (nSPS) is 12.2. The minimum atomic E-state index is -0.000478. The van der Waals surface area contributed by atoms with Gasteiger partial charge in [-0.1, -0.05) is 13.5 Å². The summed E-state index contributed by atoms with van der Waals surface area (Å²) in [6.07, 6.45) is 0.764. The van der Waals surface area contributed by atoms with E-state index in [0.717, 1.165) is 6.42 Å². The third-order valence-electron chi connectivity index (χ3n) is 1.31. The fourth-order valence-electron chi connectivity index (χ4n) is 0.838. The van der Waals surface area contributed by atoms with Crippen LogP contribution in [0, 0.1) is 5.92 Å². The minimum absolute atomic E-state index is 0.000478. The van der Waals surface area contributed by atoms with Gasteiger partial charge in [-0.2, -0.15) is 0 Å². The zero-order chi connectivity index (χ0) is 8.85. The van der Waals surface area contributed by atoms with Crippen LogP contribution in [-0.4, -0.2) is 12.5 Å². The highest BCUT2D eigenvalue weighted by Crippen LogP contribution is 2.03. The largest absolute Gasteiger partial charge is 0.403 e. The van der Waals surface area contributed by atoms with Gasteiger partial charge < -0.3 is 11.1 Å². The van der Waals surface area contributed by atoms with E-state index in [-0.39, 0.29) is 5.91 Å². The molecule has 3 N–H and O–H groups in total. The smallest absolute Gasteiger partial charge is 0.216 e. The van der Waals surface area contributed by atoms with Crippen molar-refractivity contribution in [3.05, 3.63) is 12.3 Å². The number of hydrogen-bond acceptors (Lipinski definition) is 2. The van der Waals surface area contributed by atoms with Gasteiger partial charge in [0.1, 0.15) is 0 Å². The lowest BCUT2D eigenvalue weighted by Gasteiger charge is -2.10. The van der Waals surface area contributed by atoms with Crippen LogP contribution in [0.4, 0.5) is 0 Å². The second-order valence-corrected chi connectivity index (χ2v) is 2.90. The summed E-state index contributed by atoms with van der Waals surface area (Å²) in [5.74, 6) is 0.371. The Morgan fingerprint density at radius 3 is 2.64 bits per heavy atom. The monoisotopic (exact) mass is 156 g/mol. The fraction of sp³-hybridized carbons (Fsp3) is 0.625. The van der Waals surface area contributed by atoms with Gasteiger partial charge in [0.25, 0.3) is 0 Å². The number of rotatable bonds is 4. The third-order valence-corrected chi connectivity index (χ3v) is 1.31. The standard InChI is InChI=1S/C8H16N2O/c1-6(4-7(2)9)5-10-8(3)11/h6H,2,4-5,9H2,1,3H3,(H,10,11). The van der Waals surface area contributed by atoms with E-state index in [0.29, 0.717) is 18.2 Å². The second kappa shape index (κ2) is 4.77. The molecule has 3 heteroatoms. The van der Waals surface area contributed by atoms with Crippen molar-refractivity contribution in [2.75, 3.05) is 6.54 Å². The van der Waals surface area contributed by atoms with E-state index in [4.69, 9.17) is 5.73 Å². The van der Waals surface area contributed by atoms with Gasteiger partial charge in [0.15, 0.2) is 0 Å². The number of carbonyl (C=O) groups excluding carboxylic acids is 1. The van der Waals surface area contributed by atoms with Crippen molar-refractivity contribution in [1.29, 1.82) is 0 Å². The number of allylic oxidation sites excluding steroid dienone is 1. The molecule has 0 aliphatic rings. The van der Waals surface area contributed by atoms with Crippen molar-refractivity contribution in [3.8, 4) is 0 Å². The molecular formula is C8H16N2O. The molecule has 0 aliphatic carbocycles. The molecule has 0 aliphatic heterocycles. The first-order valence-corrected chi connectivity index (χ1v) is 3.70. The molecule has 0 spiro atoms. The lowest BCUT2D eigenvalue weighted by Crippen LogP contribution is -2.26. The molecule has 0 rings (SSSR count). The van der Waals surface area contributed by atoms with Crippen LogP contribution in [0.3, 0.4) is 0 Å². The molecule has 64 valence electrons. The average Bonchev–Trinajstić information content (AvgIpc) is 1.82. The predicted molar refractivity (Wildman–Crippen MR) is 45.8 cm³/mol. The molecule has 0 saturated heterocycles. The molecule has 3 nitrogen and oxygen atoms in total. The van der Waals surface area contributed by atoms with Gasteiger partial charge in [-0.3, -0.25) is 4.79 Å². The molecule has 0 bridgehead atoms. The van der Waals surface area contributed by atoms with Gasteiger partial charge in [-0.15, -0.1) is 0 Å². The molecule has 0 saturated carbocycles. The van der Waals surface area contributed by atoms with Gasteiger partial charge in [-0.25, -0.2) is 0 Å². The maximum atomic E-state index is 10.5. The van der Waals surface area contributed by atoms with Crippen molar-refractivity contribution >= 4 is 5.91 Å². The summed E-state index contributed by atoms with van der Waals surface area (Å²) in [5.41, 5.74) is 6.06. The number of nitrogens with one attached hydrogen (secondary N) is 1. The first kappa shape index (κ1) is 10.0. The van der Waals surface area contributed by atoms with Crippen LogP contribution in [0.5, 0.6) is 0 Å². The summed E-state index contributed by atoms with van der Waals surface area (Å²) in [7, 11) is 0. The molecular weight excluding hydrogens is 140 g/mol. The van der Waals surface area contributed by atoms with E-state index in [1.807, 2.05) is 6.92 Å². The highest BCUT2D eigenvalue weighted by Gasteiger charge is 2.02. The summed E-state index contributed by atoms with van der Waals surface area (Å²) in [6, 6.07) is 0. The van der Waals surface area contributed by atoms with E-state index < -0.39 is 0 Å². The molecule has 0 aromatic carbocycles. The summed E-state index contributed by atoms with van der Waals surface area (Å²) in [6.45, 7) is 7.79. The summed E-state index contributed by atoms with van der Waals surface area (Å²) in [4.78, 5) is 10.5. The first-order chi connectivity index (χ1) is 5.02. The Kier molecular flexibility index (Phi) is 4.34. The van der Waals surface area contributed by atoms with Crippen LogP contribution in [-0.2, 0) is 4.79 Å². The Bertz CT molecular complexity index is 154. The Balaban J connectivity index is 3.44. The van der Waals surface area contributed by atoms with E-state index in [1.54, 1.807) is 0 Å². The Morgan fingerprint density at radius 2 is 2.27 bits per heavy atom. The quantitative estimate of drug-likeness (QED) is 0.627. The molecule has 1 atom stereocenters. The maximum absolute atomic E-state index is 10.5. The van der Waals surface area contributed by atoms with Crippen LogP contribution in [0.1, 0.15) is 20.3 Å². The van der Waals surface area contributed by atoms with Crippen molar-refractivity contribution in [2.24, 2.45) is 11.7 Å². The van der Waals surface area contributed by atoms with Gasteiger partial charge in [-0.05, 0) is 12.3 Å². The van der Waals surface area contributed by atoms with E-state index >= 15 is 0 Å². The highest BCUT2D eigenvalue weighted by atomic mass is 16.1. The predicted octanol–water partition coefficient (Wildman–Crippen LogP) is 0.621. The van der Waals surface area contributed by atoms with Crippen LogP contribution in [0.15, 0.2) is 12.3 Å². The number of amides is 1. The average molecular weight is 156 g/mol. The molecule has 11 heavy (non-hydrogen) atoms.